The van der Waals surface area contributed by atoms with Crippen LogP contribution in [0.4, 0.5) is 0 Å². The van der Waals surface area contributed by atoms with Crippen LogP contribution in [0.15, 0.2) is 0 Å². The van der Waals surface area contributed by atoms with Crippen molar-refractivity contribution in [1.82, 2.24) is 4.90 Å². The summed E-state index contributed by atoms with van der Waals surface area (Å²) < 4.78 is 5.58. The Bertz CT molecular complexity index is 201. The third kappa shape index (κ3) is 4.59. The average Bonchev–Trinajstić information content (AvgIpc) is 2.38. The van der Waals surface area contributed by atoms with Gasteiger partial charge in [-0.3, -0.25) is 0 Å². The predicted molar refractivity (Wildman–Crippen MR) is 72.2 cm³/mol. The van der Waals surface area contributed by atoms with E-state index in [0.717, 1.165) is 25.0 Å². The van der Waals surface area contributed by atoms with Crippen molar-refractivity contribution in [3.63, 3.8) is 0 Å². The van der Waals surface area contributed by atoms with Crippen LogP contribution in [-0.4, -0.2) is 37.7 Å². The summed E-state index contributed by atoms with van der Waals surface area (Å²) in [6, 6.07) is 0. The lowest BCUT2D eigenvalue weighted by Crippen LogP contribution is -2.40. The Morgan fingerprint density at radius 1 is 1.00 bits per heavy atom. The molecule has 2 aliphatic rings. The van der Waals surface area contributed by atoms with Crippen LogP contribution in [-0.2, 0) is 4.74 Å². The minimum Gasteiger partial charge on any atom is -0.381 e. The van der Waals surface area contributed by atoms with Crippen LogP contribution in [0.25, 0.3) is 0 Å². The molecule has 1 saturated carbocycles. The van der Waals surface area contributed by atoms with Gasteiger partial charge in [0.2, 0.25) is 0 Å². The van der Waals surface area contributed by atoms with Gasteiger partial charge in [-0.1, -0.05) is 19.3 Å². The first-order chi connectivity index (χ1) is 8.38. The van der Waals surface area contributed by atoms with Crippen LogP contribution in [0.5, 0.6) is 0 Å². The quantitative estimate of drug-likeness (QED) is 0.730. The van der Waals surface area contributed by atoms with Gasteiger partial charge in [0.25, 0.3) is 0 Å². The molecule has 0 radical (unpaired) electrons. The third-order valence-electron chi connectivity index (χ3n) is 4.40. The molecule has 0 aromatic rings. The first-order valence-electron chi connectivity index (χ1n) is 7.68. The van der Waals surface area contributed by atoms with Gasteiger partial charge in [-0.15, -0.1) is 0 Å². The zero-order valence-corrected chi connectivity index (χ0v) is 11.5. The molecule has 1 aliphatic carbocycles. The Morgan fingerprint density at radius 2 is 1.76 bits per heavy atom. The van der Waals surface area contributed by atoms with Crippen molar-refractivity contribution in [2.75, 3.05) is 32.8 Å². The van der Waals surface area contributed by atoms with E-state index in [-0.39, 0.29) is 0 Å². The van der Waals surface area contributed by atoms with Crippen LogP contribution in [0.1, 0.15) is 51.9 Å². The molecular formula is C15H29NO. The van der Waals surface area contributed by atoms with Crippen LogP contribution in [0.2, 0.25) is 0 Å². The number of piperidine rings is 1. The first-order valence-corrected chi connectivity index (χ1v) is 7.68. The minimum atomic E-state index is 0.798. The Kier molecular flexibility index (Phi) is 5.79. The van der Waals surface area contributed by atoms with Crippen LogP contribution < -0.4 is 0 Å². The van der Waals surface area contributed by atoms with Gasteiger partial charge < -0.3 is 9.64 Å². The van der Waals surface area contributed by atoms with Crippen molar-refractivity contribution in [2.45, 2.75) is 51.9 Å². The fourth-order valence-corrected chi connectivity index (χ4v) is 3.47. The molecule has 1 saturated heterocycles. The summed E-state index contributed by atoms with van der Waals surface area (Å²) in [7, 11) is 0. The molecule has 1 unspecified atom stereocenters. The summed E-state index contributed by atoms with van der Waals surface area (Å²) in [5.41, 5.74) is 0. The highest BCUT2D eigenvalue weighted by Crippen LogP contribution is 2.26. The standard InChI is InChI=1S/C15H29NO/c1-2-17-13-15-9-6-10-16(12-15)11-14-7-4-3-5-8-14/h14-15H,2-13H2,1H3. The van der Waals surface area contributed by atoms with Crippen molar-refractivity contribution in [3.8, 4) is 0 Å². The highest BCUT2D eigenvalue weighted by molar-refractivity contribution is 4.76. The van der Waals surface area contributed by atoms with Gasteiger partial charge in [0, 0.05) is 19.7 Å². The van der Waals surface area contributed by atoms with Crippen LogP contribution in [0, 0.1) is 11.8 Å². The molecule has 17 heavy (non-hydrogen) atoms. The number of likely N-dealkylation sites (tertiary alicyclic amines) is 1. The monoisotopic (exact) mass is 239 g/mol. The van der Waals surface area contributed by atoms with E-state index in [2.05, 4.69) is 11.8 Å². The van der Waals surface area contributed by atoms with Gasteiger partial charge in [-0.2, -0.15) is 0 Å². The summed E-state index contributed by atoms with van der Waals surface area (Å²) in [5.74, 6) is 1.79. The zero-order chi connectivity index (χ0) is 11.9. The molecule has 100 valence electrons. The second-order valence-electron chi connectivity index (χ2n) is 5.93. The molecule has 0 N–H and O–H groups in total. The Labute approximate surface area is 107 Å². The molecular weight excluding hydrogens is 210 g/mol. The van der Waals surface area contributed by atoms with E-state index in [4.69, 9.17) is 4.74 Å². The first kappa shape index (κ1) is 13.4. The molecule has 0 bridgehead atoms. The second kappa shape index (κ2) is 7.38. The van der Waals surface area contributed by atoms with E-state index < -0.39 is 0 Å². The van der Waals surface area contributed by atoms with E-state index in [0.29, 0.717) is 0 Å². The molecule has 1 aliphatic heterocycles. The van der Waals surface area contributed by atoms with Gasteiger partial charge in [-0.05, 0) is 51.0 Å². The maximum absolute atomic E-state index is 5.58. The lowest BCUT2D eigenvalue weighted by Gasteiger charge is -2.35. The predicted octanol–water partition coefficient (Wildman–Crippen LogP) is 3.32. The molecule has 0 aromatic carbocycles. The maximum atomic E-state index is 5.58. The zero-order valence-electron chi connectivity index (χ0n) is 11.5. The fraction of sp³-hybridized carbons (Fsp3) is 1.00. The maximum Gasteiger partial charge on any atom is 0.0506 e. The summed E-state index contributed by atoms with van der Waals surface area (Å²) in [6.07, 6.45) is 10.1. The molecule has 0 amide bonds. The molecule has 2 nitrogen and oxygen atoms in total. The molecule has 0 aromatic heterocycles. The number of ether oxygens (including phenoxy) is 1. The SMILES string of the molecule is CCOCC1CCCN(CC2CCCCC2)C1. The lowest BCUT2D eigenvalue weighted by atomic mass is 9.88. The van der Waals surface area contributed by atoms with E-state index in [1.165, 1.54) is 64.6 Å². The number of hydrogen-bond donors (Lipinski definition) is 0. The third-order valence-corrected chi connectivity index (χ3v) is 4.40. The van der Waals surface area contributed by atoms with Gasteiger partial charge >= 0.3 is 0 Å². The summed E-state index contributed by atoms with van der Waals surface area (Å²) >= 11 is 0. The van der Waals surface area contributed by atoms with Crippen molar-refractivity contribution in [3.05, 3.63) is 0 Å². The van der Waals surface area contributed by atoms with Gasteiger partial charge in [0.1, 0.15) is 0 Å². The highest BCUT2D eigenvalue weighted by Gasteiger charge is 2.23. The van der Waals surface area contributed by atoms with Gasteiger partial charge in [-0.25, -0.2) is 0 Å². The van der Waals surface area contributed by atoms with Crippen LogP contribution >= 0.6 is 0 Å². The Balaban J connectivity index is 1.68. The smallest absolute Gasteiger partial charge is 0.0506 e. The van der Waals surface area contributed by atoms with Gasteiger partial charge in [0.15, 0.2) is 0 Å². The van der Waals surface area contributed by atoms with Gasteiger partial charge in [0.05, 0.1) is 6.61 Å². The normalized spacial score (nSPS) is 28.4. The summed E-state index contributed by atoms with van der Waals surface area (Å²) in [6.45, 7) is 7.94. The Hall–Kier alpha value is -0.0800. The minimum absolute atomic E-state index is 0.798. The highest BCUT2D eigenvalue weighted by atomic mass is 16.5. The van der Waals surface area contributed by atoms with Crippen molar-refractivity contribution >= 4 is 0 Å². The molecule has 2 heteroatoms. The second-order valence-corrected chi connectivity index (χ2v) is 5.93. The van der Waals surface area contributed by atoms with E-state index in [9.17, 15) is 0 Å². The molecule has 1 heterocycles. The van der Waals surface area contributed by atoms with E-state index in [1.807, 2.05) is 0 Å². The summed E-state index contributed by atoms with van der Waals surface area (Å²) in [4.78, 5) is 2.71. The van der Waals surface area contributed by atoms with E-state index in [1.54, 1.807) is 0 Å². The van der Waals surface area contributed by atoms with Crippen LogP contribution in [0.3, 0.4) is 0 Å². The number of hydrogen-bond acceptors (Lipinski definition) is 2. The topological polar surface area (TPSA) is 12.5 Å². The molecule has 2 fully saturated rings. The molecule has 2 rings (SSSR count). The average molecular weight is 239 g/mol. The number of nitrogens with zero attached hydrogens (tertiary/aromatic N) is 1. The molecule has 1 atom stereocenters. The largest absolute Gasteiger partial charge is 0.381 e. The van der Waals surface area contributed by atoms with E-state index >= 15 is 0 Å². The fourth-order valence-electron chi connectivity index (χ4n) is 3.47. The van der Waals surface area contributed by atoms with Crippen molar-refractivity contribution in [2.24, 2.45) is 11.8 Å². The van der Waals surface area contributed by atoms with Crippen molar-refractivity contribution in [1.29, 1.82) is 0 Å². The lowest BCUT2D eigenvalue weighted by molar-refractivity contribution is 0.0591. The molecule has 0 spiro atoms. The Morgan fingerprint density at radius 3 is 2.53 bits per heavy atom. The summed E-state index contributed by atoms with van der Waals surface area (Å²) in [5, 5.41) is 0. The van der Waals surface area contributed by atoms with Crippen molar-refractivity contribution < 1.29 is 4.74 Å². The number of rotatable bonds is 5.